The van der Waals surface area contributed by atoms with Crippen molar-refractivity contribution in [3.8, 4) is 0 Å². The number of amides is 1. The summed E-state index contributed by atoms with van der Waals surface area (Å²) in [6.07, 6.45) is 2.14. The van der Waals surface area contributed by atoms with E-state index in [0.29, 0.717) is 0 Å². The second-order valence-corrected chi connectivity index (χ2v) is 4.97. The van der Waals surface area contributed by atoms with E-state index >= 15 is 0 Å². The number of carbonyl (C=O) groups excluding carboxylic acids is 1. The Morgan fingerprint density at radius 3 is 2.80 bits per heavy atom. The van der Waals surface area contributed by atoms with Crippen LogP contribution in [0.3, 0.4) is 0 Å². The van der Waals surface area contributed by atoms with E-state index < -0.39 is 0 Å². The fourth-order valence-corrected chi connectivity index (χ4v) is 1.77. The average Bonchev–Trinajstić information content (AvgIpc) is 2.98. The Labute approximate surface area is 91.6 Å². The van der Waals surface area contributed by atoms with E-state index in [1.165, 1.54) is 4.90 Å². The van der Waals surface area contributed by atoms with Crippen LogP contribution in [0.1, 0.15) is 33.6 Å². The number of nitrogens with one attached hydrogen (secondary N) is 2. The molecule has 1 saturated heterocycles. The van der Waals surface area contributed by atoms with Crippen molar-refractivity contribution in [3.63, 3.8) is 0 Å². The van der Waals surface area contributed by atoms with Crippen molar-refractivity contribution in [2.75, 3.05) is 19.7 Å². The maximum Gasteiger partial charge on any atom is 0.284 e. The van der Waals surface area contributed by atoms with Crippen LogP contribution in [0.2, 0.25) is 0 Å². The zero-order valence-corrected chi connectivity index (χ0v) is 9.97. The summed E-state index contributed by atoms with van der Waals surface area (Å²) >= 11 is 0. The van der Waals surface area contributed by atoms with Crippen LogP contribution in [0.15, 0.2) is 0 Å². The average molecular weight is 215 g/mol. The summed E-state index contributed by atoms with van der Waals surface area (Å²) in [5.74, 6) is 0.139. The number of carbonyl (C=O) groups is 1. The SMILES string of the molecule is CCCCNC(=O)[C@@H]1C[NH+]1C(C)(C)CO. The predicted molar refractivity (Wildman–Crippen MR) is 58.7 cm³/mol. The number of hydrogen-bond donors (Lipinski definition) is 3. The highest BCUT2D eigenvalue weighted by molar-refractivity contribution is 5.82. The van der Waals surface area contributed by atoms with Gasteiger partial charge in [-0.15, -0.1) is 0 Å². The van der Waals surface area contributed by atoms with Gasteiger partial charge in [-0.05, 0) is 20.3 Å². The highest BCUT2D eigenvalue weighted by Gasteiger charge is 2.54. The standard InChI is InChI=1S/C11H22N2O2/c1-4-5-6-12-10(15)9-7-13(9)11(2,3)8-14/h9,14H,4-8H2,1-3H3,(H,12,15)/p+1/t9-,13?/m0/s1. The Bertz CT molecular complexity index is 229. The zero-order valence-electron chi connectivity index (χ0n) is 9.97. The first-order valence-corrected chi connectivity index (χ1v) is 5.77. The van der Waals surface area contributed by atoms with Crippen LogP contribution in [0.4, 0.5) is 0 Å². The van der Waals surface area contributed by atoms with E-state index in [2.05, 4.69) is 12.2 Å². The van der Waals surface area contributed by atoms with E-state index in [-0.39, 0.29) is 24.1 Å². The molecule has 15 heavy (non-hydrogen) atoms. The minimum Gasteiger partial charge on any atom is -0.390 e. The highest BCUT2D eigenvalue weighted by atomic mass is 16.3. The maximum atomic E-state index is 11.6. The van der Waals surface area contributed by atoms with E-state index in [1.807, 2.05) is 13.8 Å². The lowest BCUT2D eigenvalue weighted by Gasteiger charge is -2.20. The van der Waals surface area contributed by atoms with Crippen LogP contribution < -0.4 is 10.2 Å². The lowest BCUT2D eigenvalue weighted by Crippen LogP contribution is -3.06. The molecule has 0 bridgehead atoms. The normalized spacial score (nSPS) is 25.1. The second-order valence-electron chi connectivity index (χ2n) is 4.97. The first-order chi connectivity index (χ1) is 7.03. The first kappa shape index (κ1) is 12.5. The first-order valence-electron chi connectivity index (χ1n) is 5.77. The third kappa shape index (κ3) is 3.18. The molecule has 1 fully saturated rings. The molecule has 3 N–H and O–H groups in total. The molecule has 0 aromatic heterocycles. The van der Waals surface area contributed by atoms with E-state index in [0.717, 1.165) is 25.9 Å². The number of quaternary nitrogens is 1. The fraction of sp³-hybridized carbons (Fsp3) is 0.909. The third-order valence-corrected chi connectivity index (χ3v) is 3.10. The summed E-state index contributed by atoms with van der Waals surface area (Å²) in [5, 5.41) is 12.1. The second kappa shape index (κ2) is 4.94. The molecule has 1 heterocycles. The molecular weight excluding hydrogens is 192 g/mol. The molecule has 4 heteroatoms. The summed E-state index contributed by atoms with van der Waals surface area (Å²) < 4.78 is 0. The zero-order chi connectivity index (χ0) is 11.5. The molecule has 1 amide bonds. The summed E-state index contributed by atoms with van der Waals surface area (Å²) in [7, 11) is 0. The Morgan fingerprint density at radius 2 is 2.27 bits per heavy atom. The largest absolute Gasteiger partial charge is 0.390 e. The highest BCUT2D eigenvalue weighted by Crippen LogP contribution is 2.03. The summed E-state index contributed by atoms with van der Waals surface area (Å²) in [4.78, 5) is 12.8. The number of aliphatic hydroxyl groups is 1. The van der Waals surface area contributed by atoms with Crippen LogP contribution in [0, 0.1) is 0 Å². The van der Waals surface area contributed by atoms with Crippen molar-refractivity contribution in [2.45, 2.75) is 45.2 Å². The number of aliphatic hydroxyl groups excluding tert-OH is 1. The molecule has 1 aliphatic rings. The minimum atomic E-state index is -0.188. The lowest BCUT2D eigenvalue weighted by atomic mass is 10.1. The van der Waals surface area contributed by atoms with Crippen LogP contribution in [0.5, 0.6) is 0 Å². The van der Waals surface area contributed by atoms with E-state index in [1.54, 1.807) is 0 Å². The van der Waals surface area contributed by atoms with Gasteiger partial charge in [0.2, 0.25) is 6.04 Å². The molecule has 1 unspecified atom stereocenters. The number of rotatable bonds is 6. The van der Waals surface area contributed by atoms with Gasteiger partial charge in [-0.3, -0.25) is 4.79 Å². The van der Waals surface area contributed by atoms with Gasteiger partial charge in [0.1, 0.15) is 12.1 Å². The number of unbranched alkanes of at least 4 members (excludes halogenated alkanes) is 1. The van der Waals surface area contributed by atoms with Gasteiger partial charge in [0.25, 0.3) is 5.91 Å². The lowest BCUT2D eigenvalue weighted by molar-refractivity contribution is -0.829. The molecule has 0 aliphatic carbocycles. The Kier molecular flexibility index (Phi) is 4.11. The monoisotopic (exact) mass is 215 g/mol. The predicted octanol–water partition coefficient (Wildman–Crippen LogP) is -1.06. The Morgan fingerprint density at radius 1 is 1.60 bits per heavy atom. The van der Waals surface area contributed by atoms with Crippen molar-refractivity contribution in [2.24, 2.45) is 0 Å². The molecule has 88 valence electrons. The minimum absolute atomic E-state index is 0.0593. The Balaban J connectivity index is 2.28. The van der Waals surface area contributed by atoms with Gasteiger partial charge in [0, 0.05) is 6.54 Å². The fourth-order valence-electron chi connectivity index (χ4n) is 1.77. The summed E-state index contributed by atoms with van der Waals surface area (Å²) in [5.41, 5.74) is -0.188. The van der Waals surface area contributed by atoms with Gasteiger partial charge < -0.3 is 15.3 Å². The molecule has 1 aliphatic heterocycles. The van der Waals surface area contributed by atoms with Gasteiger partial charge in [0.05, 0.1) is 6.61 Å². The molecule has 0 radical (unpaired) electrons. The van der Waals surface area contributed by atoms with Crippen LogP contribution in [-0.4, -0.2) is 42.3 Å². The van der Waals surface area contributed by atoms with E-state index in [9.17, 15) is 4.79 Å². The molecule has 0 aromatic rings. The van der Waals surface area contributed by atoms with Gasteiger partial charge >= 0.3 is 0 Å². The van der Waals surface area contributed by atoms with Crippen molar-refractivity contribution in [3.05, 3.63) is 0 Å². The molecule has 4 nitrogen and oxygen atoms in total. The van der Waals surface area contributed by atoms with Crippen LogP contribution in [0.25, 0.3) is 0 Å². The van der Waals surface area contributed by atoms with Crippen LogP contribution in [-0.2, 0) is 4.79 Å². The molecule has 0 saturated carbocycles. The number of hydrogen-bond acceptors (Lipinski definition) is 2. The smallest absolute Gasteiger partial charge is 0.284 e. The van der Waals surface area contributed by atoms with Crippen molar-refractivity contribution in [1.82, 2.24) is 5.32 Å². The third-order valence-electron chi connectivity index (χ3n) is 3.10. The van der Waals surface area contributed by atoms with Gasteiger partial charge in [-0.25, -0.2) is 0 Å². The molecule has 0 aromatic carbocycles. The topological polar surface area (TPSA) is 53.8 Å². The van der Waals surface area contributed by atoms with Gasteiger partial charge in [-0.2, -0.15) is 0 Å². The molecule has 0 spiro atoms. The molecule has 2 atom stereocenters. The van der Waals surface area contributed by atoms with Crippen molar-refractivity contribution < 1.29 is 14.8 Å². The van der Waals surface area contributed by atoms with Gasteiger partial charge in [-0.1, -0.05) is 13.3 Å². The molecule has 1 rings (SSSR count). The Hall–Kier alpha value is -0.610. The molecular formula is C11H23N2O2+. The van der Waals surface area contributed by atoms with Crippen molar-refractivity contribution in [1.29, 1.82) is 0 Å². The quantitative estimate of drug-likeness (QED) is 0.391. The maximum absolute atomic E-state index is 11.6. The summed E-state index contributed by atoms with van der Waals surface area (Å²) in [6, 6.07) is 0.0593. The van der Waals surface area contributed by atoms with Crippen LogP contribution >= 0.6 is 0 Å². The van der Waals surface area contributed by atoms with Gasteiger partial charge in [0.15, 0.2) is 0 Å². The van der Waals surface area contributed by atoms with Crippen molar-refractivity contribution >= 4 is 5.91 Å². The summed E-state index contributed by atoms with van der Waals surface area (Å²) in [6.45, 7) is 7.84. The van der Waals surface area contributed by atoms with E-state index in [4.69, 9.17) is 5.11 Å².